The highest BCUT2D eigenvalue weighted by atomic mass is 16.2. The molecule has 0 saturated carbocycles. The van der Waals surface area contributed by atoms with Gasteiger partial charge in [-0.2, -0.15) is 0 Å². The van der Waals surface area contributed by atoms with Crippen LogP contribution in [0.3, 0.4) is 0 Å². The van der Waals surface area contributed by atoms with Crippen LogP contribution in [0.1, 0.15) is 44.7 Å². The van der Waals surface area contributed by atoms with Crippen LogP contribution in [0.4, 0.5) is 0 Å². The second-order valence-corrected chi connectivity index (χ2v) is 5.33. The summed E-state index contributed by atoms with van der Waals surface area (Å²) in [5.74, 6) is 0.164. The number of benzene rings is 1. The molecule has 1 fully saturated rings. The van der Waals surface area contributed by atoms with E-state index in [2.05, 4.69) is 50.4 Å². The first-order valence-electron chi connectivity index (χ1n) is 6.45. The van der Waals surface area contributed by atoms with Gasteiger partial charge >= 0.3 is 0 Å². The molecule has 2 rings (SSSR count). The summed E-state index contributed by atoms with van der Waals surface area (Å²) in [5, 5.41) is 3.01. The third kappa shape index (κ3) is 2.21. The van der Waals surface area contributed by atoms with Gasteiger partial charge in [-0.05, 0) is 24.5 Å². The van der Waals surface area contributed by atoms with Crippen LogP contribution in [0.25, 0.3) is 0 Å². The van der Waals surface area contributed by atoms with E-state index in [0.29, 0.717) is 6.42 Å². The summed E-state index contributed by atoms with van der Waals surface area (Å²) in [6.07, 6.45) is 2.90. The lowest BCUT2D eigenvalue weighted by molar-refractivity contribution is -0.119. The average Bonchev–Trinajstić information content (AvgIpc) is 2.55. The van der Waals surface area contributed by atoms with Gasteiger partial charge in [-0.1, -0.05) is 44.5 Å². The molecule has 1 N–H and O–H groups in total. The Morgan fingerprint density at radius 2 is 2.00 bits per heavy atom. The van der Waals surface area contributed by atoms with Crippen molar-refractivity contribution in [1.29, 1.82) is 0 Å². The largest absolute Gasteiger partial charge is 0.353 e. The molecule has 0 aromatic heterocycles. The van der Waals surface area contributed by atoms with E-state index in [4.69, 9.17) is 0 Å². The Kier molecular flexibility index (Phi) is 3.23. The molecule has 0 aliphatic carbocycles. The summed E-state index contributed by atoms with van der Waals surface area (Å²) in [4.78, 5) is 11.5. The molecule has 2 unspecified atom stereocenters. The van der Waals surface area contributed by atoms with Gasteiger partial charge in [0, 0.05) is 17.9 Å². The van der Waals surface area contributed by atoms with Crippen molar-refractivity contribution in [1.82, 2.24) is 5.32 Å². The fraction of sp³-hybridized carbons (Fsp3) is 0.533. The fourth-order valence-electron chi connectivity index (χ4n) is 2.63. The van der Waals surface area contributed by atoms with Gasteiger partial charge in [-0.3, -0.25) is 4.79 Å². The Bertz CT molecular complexity index is 409. The lowest BCUT2D eigenvalue weighted by atomic mass is 9.76. The highest BCUT2D eigenvalue weighted by Gasteiger charge is 2.41. The van der Waals surface area contributed by atoms with Crippen LogP contribution in [0.2, 0.25) is 0 Å². The molecule has 0 radical (unpaired) electrons. The molecule has 1 aromatic carbocycles. The highest BCUT2D eigenvalue weighted by molar-refractivity contribution is 5.81. The van der Waals surface area contributed by atoms with Crippen molar-refractivity contribution in [2.24, 2.45) is 0 Å². The van der Waals surface area contributed by atoms with Crippen LogP contribution in [-0.4, -0.2) is 11.9 Å². The maximum Gasteiger partial charge on any atom is 0.221 e. The maximum atomic E-state index is 11.5. The van der Waals surface area contributed by atoms with Crippen LogP contribution < -0.4 is 5.32 Å². The first-order valence-corrected chi connectivity index (χ1v) is 6.45. The molecule has 1 amide bonds. The fourth-order valence-corrected chi connectivity index (χ4v) is 2.63. The van der Waals surface area contributed by atoms with Gasteiger partial charge in [-0.15, -0.1) is 0 Å². The van der Waals surface area contributed by atoms with Crippen LogP contribution in [0.5, 0.6) is 0 Å². The van der Waals surface area contributed by atoms with E-state index in [1.807, 2.05) is 0 Å². The zero-order valence-corrected chi connectivity index (χ0v) is 10.9. The lowest BCUT2D eigenvalue weighted by Gasteiger charge is -2.28. The predicted octanol–water partition coefficient (Wildman–Crippen LogP) is 2.81. The number of amides is 1. The number of carbonyl (C=O) groups excluding carboxylic acids is 1. The topological polar surface area (TPSA) is 29.1 Å². The number of nitrogens with one attached hydrogen (secondary N) is 1. The van der Waals surface area contributed by atoms with Crippen molar-refractivity contribution in [3.05, 3.63) is 35.4 Å². The molecule has 2 atom stereocenters. The Morgan fingerprint density at radius 3 is 2.47 bits per heavy atom. The summed E-state index contributed by atoms with van der Waals surface area (Å²) < 4.78 is 0. The molecule has 2 nitrogen and oxygen atoms in total. The standard InChI is InChI=1S/C15H21NO/c1-4-5-12-6-8-13(9-7-12)15(3)10-14(17)16-11(15)2/h6-9,11H,4-5,10H2,1-3H3,(H,16,17). The van der Waals surface area contributed by atoms with E-state index in [0.717, 1.165) is 6.42 Å². The molecule has 17 heavy (non-hydrogen) atoms. The molecule has 1 heterocycles. The van der Waals surface area contributed by atoms with Crippen LogP contribution in [0, 0.1) is 0 Å². The summed E-state index contributed by atoms with van der Waals surface area (Å²) in [6, 6.07) is 8.97. The normalized spacial score (nSPS) is 28.2. The Morgan fingerprint density at radius 1 is 1.35 bits per heavy atom. The van der Waals surface area contributed by atoms with Crippen molar-refractivity contribution >= 4 is 5.91 Å². The summed E-state index contributed by atoms with van der Waals surface area (Å²) >= 11 is 0. The first-order chi connectivity index (χ1) is 8.06. The second kappa shape index (κ2) is 4.52. The minimum absolute atomic E-state index is 0.0537. The average molecular weight is 231 g/mol. The van der Waals surface area contributed by atoms with Gasteiger partial charge in [0.15, 0.2) is 0 Å². The van der Waals surface area contributed by atoms with E-state index in [1.54, 1.807) is 0 Å². The predicted molar refractivity (Wildman–Crippen MR) is 70.0 cm³/mol. The minimum atomic E-state index is -0.0537. The van der Waals surface area contributed by atoms with Crippen LogP contribution in [0.15, 0.2) is 24.3 Å². The van der Waals surface area contributed by atoms with Crippen molar-refractivity contribution in [3.63, 3.8) is 0 Å². The molecule has 1 saturated heterocycles. The minimum Gasteiger partial charge on any atom is -0.353 e. The number of hydrogen-bond acceptors (Lipinski definition) is 1. The summed E-state index contributed by atoms with van der Waals surface area (Å²) in [7, 11) is 0. The molecule has 1 aliphatic rings. The summed E-state index contributed by atoms with van der Waals surface area (Å²) in [5.41, 5.74) is 2.59. The molecule has 0 bridgehead atoms. The van der Waals surface area contributed by atoms with Gasteiger partial charge in [0.2, 0.25) is 5.91 Å². The molecule has 1 aromatic rings. The maximum absolute atomic E-state index is 11.5. The van der Waals surface area contributed by atoms with Crippen molar-refractivity contribution < 1.29 is 4.79 Å². The monoisotopic (exact) mass is 231 g/mol. The molecule has 0 spiro atoms. The lowest BCUT2D eigenvalue weighted by Crippen LogP contribution is -2.35. The molecule has 92 valence electrons. The number of rotatable bonds is 3. The SMILES string of the molecule is CCCc1ccc(C2(C)CC(=O)NC2C)cc1. The Balaban J connectivity index is 2.24. The van der Waals surface area contributed by atoms with Gasteiger partial charge < -0.3 is 5.32 Å². The molecule has 2 heteroatoms. The van der Waals surface area contributed by atoms with Gasteiger partial charge in [0.1, 0.15) is 0 Å². The van der Waals surface area contributed by atoms with E-state index in [9.17, 15) is 4.79 Å². The van der Waals surface area contributed by atoms with Crippen molar-refractivity contribution in [3.8, 4) is 0 Å². The number of hydrogen-bond donors (Lipinski definition) is 1. The second-order valence-electron chi connectivity index (χ2n) is 5.33. The number of aryl methyl sites for hydroxylation is 1. The van der Waals surface area contributed by atoms with Crippen molar-refractivity contribution in [2.75, 3.05) is 0 Å². The summed E-state index contributed by atoms with van der Waals surface area (Å²) in [6.45, 7) is 6.45. The molecule has 1 aliphatic heterocycles. The zero-order valence-electron chi connectivity index (χ0n) is 10.9. The highest BCUT2D eigenvalue weighted by Crippen LogP contribution is 2.35. The Hall–Kier alpha value is -1.31. The van der Waals surface area contributed by atoms with E-state index >= 15 is 0 Å². The third-order valence-corrected chi connectivity index (χ3v) is 4.01. The molecular formula is C15H21NO. The van der Waals surface area contributed by atoms with Crippen molar-refractivity contribution in [2.45, 2.75) is 51.5 Å². The number of carbonyl (C=O) groups is 1. The Labute approximate surface area is 103 Å². The van der Waals surface area contributed by atoms with E-state index in [1.165, 1.54) is 17.5 Å². The first kappa shape index (κ1) is 12.2. The van der Waals surface area contributed by atoms with Gasteiger partial charge in [-0.25, -0.2) is 0 Å². The smallest absolute Gasteiger partial charge is 0.221 e. The van der Waals surface area contributed by atoms with Crippen LogP contribution >= 0.6 is 0 Å². The van der Waals surface area contributed by atoms with E-state index in [-0.39, 0.29) is 17.4 Å². The van der Waals surface area contributed by atoms with E-state index < -0.39 is 0 Å². The zero-order chi connectivity index (χ0) is 12.5. The van der Waals surface area contributed by atoms with Gasteiger partial charge in [0.05, 0.1) is 0 Å². The third-order valence-electron chi connectivity index (χ3n) is 4.01. The van der Waals surface area contributed by atoms with Gasteiger partial charge in [0.25, 0.3) is 0 Å². The molecular weight excluding hydrogens is 210 g/mol. The van der Waals surface area contributed by atoms with Crippen LogP contribution in [-0.2, 0) is 16.6 Å². The quantitative estimate of drug-likeness (QED) is 0.851.